The highest BCUT2D eigenvalue weighted by Gasteiger charge is 2.66. The van der Waals surface area contributed by atoms with Gasteiger partial charge in [-0.1, -0.05) is 19.9 Å². The van der Waals surface area contributed by atoms with Gasteiger partial charge in [0.05, 0.1) is 6.61 Å². The van der Waals surface area contributed by atoms with Crippen molar-refractivity contribution in [3.05, 3.63) is 12.7 Å². The Morgan fingerprint density at radius 3 is 2.71 bits per heavy atom. The van der Waals surface area contributed by atoms with Crippen LogP contribution in [0.1, 0.15) is 39.5 Å². The lowest BCUT2D eigenvalue weighted by molar-refractivity contribution is -0.224. The maximum Gasteiger partial charge on any atom is 0.171 e. The van der Waals surface area contributed by atoms with Gasteiger partial charge in [-0.15, -0.1) is 6.58 Å². The Kier molecular flexibility index (Phi) is 2.06. The Hall–Kier alpha value is -0.340. The molecule has 0 radical (unpaired) electrons. The fourth-order valence-electron chi connectivity index (χ4n) is 3.41. The third-order valence-electron chi connectivity index (χ3n) is 4.49. The minimum atomic E-state index is -0.884. The van der Waals surface area contributed by atoms with Gasteiger partial charge in [0.25, 0.3) is 0 Å². The van der Waals surface area contributed by atoms with Crippen molar-refractivity contribution >= 4 is 0 Å². The Morgan fingerprint density at radius 1 is 1.36 bits per heavy atom. The molecular weight excluding hydrogens is 176 g/mol. The average molecular weight is 196 g/mol. The van der Waals surface area contributed by atoms with Gasteiger partial charge in [0.15, 0.2) is 5.79 Å². The standard InChI is InChI=1S/C12H20O2/c1-4-5-11-8-9-14-12(11,13)7-6-10(11,2)3/h4,13H,1,5-9H2,2-3H3. The quantitative estimate of drug-likeness (QED) is 0.687. The number of allylic oxidation sites excluding steroid dienone is 1. The highest BCUT2D eigenvalue weighted by atomic mass is 16.6. The van der Waals surface area contributed by atoms with Gasteiger partial charge in [0, 0.05) is 11.8 Å². The zero-order valence-corrected chi connectivity index (χ0v) is 9.18. The van der Waals surface area contributed by atoms with E-state index in [0.29, 0.717) is 6.61 Å². The van der Waals surface area contributed by atoms with Crippen molar-refractivity contribution in [2.45, 2.75) is 45.3 Å². The molecule has 14 heavy (non-hydrogen) atoms. The molecule has 0 bridgehead atoms. The molecule has 2 rings (SSSR count). The maximum absolute atomic E-state index is 10.5. The van der Waals surface area contributed by atoms with Gasteiger partial charge in [-0.3, -0.25) is 0 Å². The van der Waals surface area contributed by atoms with Crippen LogP contribution >= 0.6 is 0 Å². The lowest BCUT2D eigenvalue weighted by Gasteiger charge is -2.43. The van der Waals surface area contributed by atoms with Crippen LogP contribution in [-0.2, 0) is 4.74 Å². The van der Waals surface area contributed by atoms with Crippen molar-refractivity contribution in [1.29, 1.82) is 0 Å². The largest absolute Gasteiger partial charge is 0.365 e. The van der Waals surface area contributed by atoms with E-state index in [1.807, 2.05) is 6.08 Å². The van der Waals surface area contributed by atoms with Crippen LogP contribution in [-0.4, -0.2) is 17.5 Å². The minimum absolute atomic E-state index is 0.0955. The van der Waals surface area contributed by atoms with E-state index in [1.165, 1.54) is 0 Å². The summed E-state index contributed by atoms with van der Waals surface area (Å²) in [5.74, 6) is -0.884. The van der Waals surface area contributed by atoms with E-state index in [2.05, 4.69) is 20.4 Å². The molecule has 2 heteroatoms. The lowest BCUT2D eigenvalue weighted by Crippen LogP contribution is -2.46. The van der Waals surface area contributed by atoms with Gasteiger partial charge in [0.2, 0.25) is 0 Å². The van der Waals surface area contributed by atoms with Crippen molar-refractivity contribution in [2.75, 3.05) is 6.61 Å². The zero-order valence-electron chi connectivity index (χ0n) is 9.18. The summed E-state index contributed by atoms with van der Waals surface area (Å²) in [5, 5.41) is 10.5. The molecule has 0 spiro atoms. The SMILES string of the molecule is C=CCC12CCOC1(O)CCC2(C)C. The van der Waals surface area contributed by atoms with Crippen molar-refractivity contribution in [2.24, 2.45) is 10.8 Å². The molecule has 1 saturated heterocycles. The van der Waals surface area contributed by atoms with E-state index in [9.17, 15) is 5.11 Å². The zero-order chi connectivity index (χ0) is 10.4. The normalized spacial score (nSPS) is 45.1. The van der Waals surface area contributed by atoms with Crippen molar-refractivity contribution < 1.29 is 9.84 Å². The predicted molar refractivity (Wildman–Crippen MR) is 55.8 cm³/mol. The molecule has 1 aliphatic carbocycles. The molecule has 2 aliphatic rings. The summed E-state index contributed by atoms with van der Waals surface area (Å²) in [6.45, 7) is 8.98. The van der Waals surface area contributed by atoms with Crippen molar-refractivity contribution in [3.8, 4) is 0 Å². The smallest absolute Gasteiger partial charge is 0.171 e. The fourth-order valence-corrected chi connectivity index (χ4v) is 3.41. The molecule has 2 fully saturated rings. The van der Waals surface area contributed by atoms with Crippen LogP contribution in [0.15, 0.2) is 12.7 Å². The third-order valence-corrected chi connectivity index (χ3v) is 4.49. The summed E-state index contributed by atoms with van der Waals surface area (Å²) < 4.78 is 5.56. The summed E-state index contributed by atoms with van der Waals surface area (Å²) in [6, 6.07) is 0. The first-order chi connectivity index (χ1) is 6.47. The number of hydrogen-bond donors (Lipinski definition) is 1. The molecule has 0 aromatic heterocycles. The number of ether oxygens (including phenoxy) is 1. The summed E-state index contributed by atoms with van der Waals surface area (Å²) >= 11 is 0. The number of fused-ring (bicyclic) bond motifs is 1. The lowest BCUT2D eigenvalue weighted by atomic mass is 9.63. The van der Waals surface area contributed by atoms with Crippen LogP contribution in [0, 0.1) is 10.8 Å². The summed E-state index contributed by atoms with van der Waals surface area (Å²) in [7, 11) is 0. The Labute approximate surface area is 86.0 Å². The number of aliphatic hydroxyl groups is 1. The van der Waals surface area contributed by atoms with Crippen molar-refractivity contribution in [1.82, 2.24) is 0 Å². The molecule has 80 valence electrons. The summed E-state index contributed by atoms with van der Waals surface area (Å²) in [4.78, 5) is 0. The molecule has 0 aromatic rings. The first kappa shape index (κ1) is 10.2. The van der Waals surface area contributed by atoms with Gasteiger partial charge >= 0.3 is 0 Å². The molecule has 1 N–H and O–H groups in total. The second kappa shape index (κ2) is 2.83. The Morgan fingerprint density at radius 2 is 2.07 bits per heavy atom. The van der Waals surface area contributed by atoms with Crippen LogP contribution in [0.25, 0.3) is 0 Å². The molecule has 1 aliphatic heterocycles. The van der Waals surface area contributed by atoms with Crippen LogP contribution in [0.4, 0.5) is 0 Å². The van der Waals surface area contributed by atoms with E-state index in [4.69, 9.17) is 4.74 Å². The molecule has 0 amide bonds. The first-order valence-corrected chi connectivity index (χ1v) is 5.45. The predicted octanol–water partition coefficient (Wildman–Crippen LogP) is 2.48. The number of rotatable bonds is 2. The van der Waals surface area contributed by atoms with Crippen LogP contribution in [0.2, 0.25) is 0 Å². The summed E-state index contributed by atoms with van der Waals surface area (Å²) in [5.41, 5.74) is 0.0637. The highest BCUT2D eigenvalue weighted by Crippen LogP contribution is 2.65. The average Bonchev–Trinajstić information content (AvgIpc) is 2.51. The van der Waals surface area contributed by atoms with E-state index in [-0.39, 0.29) is 10.8 Å². The van der Waals surface area contributed by atoms with Gasteiger partial charge < -0.3 is 9.84 Å². The molecule has 1 heterocycles. The third kappa shape index (κ3) is 0.986. The van der Waals surface area contributed by atoms with E-state index in [0.717, 1.165) is 25.7 Å². The minimum Gasteiger partial charge on any atom is -0.365 e. The van der Waals surface area contributed by atoms with E-state index < -0.39 is 5.79 Å². The van der Waals surface area contributed by atoms with Crippen LogP contribution < -0.4 is 0 Å². The second-order valence-corrected chi connectivity index (χ2v) is 5.34. The molecular formula is C12H20O2. The van der Waals surface area contributed by atoms with Crippen LogP contribution in [0.5, 0.6) is 0 Å². The van der Waals surface area contributed by atoms with Gasteiger partial charge in [-0.2, -0.15) is 0 Å². The molecule has 2 nitrogen and oxygen atoms in total. The first-order valence-electron chi connectivity index (χ1n) is 5.45. The van der Waals surface area contributed by atoms with Gasteiger partial charge in [-0.05, 0) is 24.7 Å². The van der Waals surface area contributed by atoms with Crippen molar-refractivity contribution in [3.63, 3.8) is 0 Å². The van der Waals surface area contributed by atoms with Gasteiger partial charge in [0.1, 0.15) is 0 Å². The Balaban J connectivity index is 2.42. The van der Waals surface area contributed by atoms with E-state index >= 15 is 0 Å². The molecule has 2 unspecified atom stereocenters. The molecule has 0 aromatic carbocycles. The Bertz CT molecular complexity index is 259. The molecule has 2 atom stereocenters. The highest BCUT2D eigenvalue weighted by molar-refractivity contribution is 5.12. The van der Waals surface area contributed by atoms with Gasteiger partial charge in [-0.25, -0.2) is 0 Å². The topological polar surface area (TPSA) is 29.5 Å². The number of hydrogen-bond acceptors (Lipinski definition) is 2. The second-order valence-electron chi connectivity index (χ2n) is 5.34. The maximum atomic E-state index is 10.5. The fraction of sp³-hybridized carbons (Fsp3) is 0.833. The van der Waals surface area contributed by atoms with Crippen LogP contribution in [0.3, 0.4) is 0 Å². The summed E-state index contributed by atoms with van der Waals surface area (Å²) in [6.07, 6.45) is 5.55. The molecule has 1 saturated carbocycles. The van der Waals surface area contributed by atoms with E-state index in [1.54, 1.807) is 0 Å². The monoisotopic (exact) mass is 196 g/mol.